The van der Waals surface area contributed by atoms with E-state index in [4.69, 9.17) is 0 Å². The number of thioether (sulfide) groups is 1. The van der Waals surface area contributed by atoms with Crippen LogP contribution in [0.1, 0.15) is 6.92 Å². The minimum atomic E-state index is -0.0930. The monoisotopic (exact) mass is 171 g/mol. The van der Waals surface area contributed by atoms with E-state index < -0.39 is 0 Å². The maximum absolute atomic E-state index is 10.6. The van der Waals surface area contributed by atoms with Crippen molar-refractivity contribution in [2.45, 2.75) is 11.8 Å². The first kappa shape index (κ1) is 8.13. The first-order valence-corrected chi connectivity index (χ1v) is 4.31. The van der Waals surface area contributed by atoms with Crippen LogP contribution in [0, 0.1) is 0 Å². The highest BCUT2D eigenvalue weighted by atomic mass is 32.2. The molecule has 0 radical (unpaired) electrons. The lowest BCUT2D eigenvalue weighted by Crippen LogP contribution is -2.06. The largest absolute Gasteiger partial charge is 0.310 e. The van der Waals surface area contributed by atoms with E-state index in [9.17, 15) is 4.79 Å². The van der Waals surface area contributed by atoms with Crippen molar-refractivity contribution >= 4 is 23.5 Å². The molecule has 1 rings (SSSR count). The Labute approximate surface area is 68.8 Å². The van der Waals surface area contributed by atoms with E-state index in [0.29, 0.717) is 5.82 Å². The fourth-order valence-electron chi connectivity index (χ4n) is 0.695. The first-order chi connectivity index (χ1) is 5.24. The topological polar surface area (TPSA) is 57.8 Å². The molecule has 0 saturated carbocycles. The van der Waals surface area contributed by atoms with Gasteiger partial charge in [0.2, 0.25) is 5.91 Å². The second-order valence-corrected chi connectivity index (χ2v) is 2.84. The number of nitrogens with zero attached hydrogens (tertiary/aromatic N) is 1. The van der Waals surface area contributed by atoms with Crippen molar-refractivity contribution in [1.29, 1.82) is 0 Å². The van der Waals surface area contributed by atoms with Crippen LogP contribution < -0.4 is 5.32 Å². The van der Waals surface area contributed by atoms with E-state index in [2.05, 4.69) is 15.5 Å². The molecule has 0 atom stereocenters. The van der Waals surface area contributed by atoms with Gasteiger partial charge in [0.05, 0.1) is 11.1 Å². The van der Waals surface area contributed by atoms with Gasteiger partial charge in [-0.1, -0.05) is 0 Å². The van der Waals surface area contributed by atoms with Crippen LogP contribution in [-0.4, -0.2) is 22.4 Å². The van der Waals surface area contributed by atoms with Crippen LogP contribution in [0.5, 0.6) is 0 Å². The van der Waals surface area contributed by atoms with Crippen LogP contribution in [0.25, 0.3) is 0 Å². The quantitative estimate of drug-likeness (QED) is 0.655. The molecular weight excluding hydrogens is 162 g/mol. The van der Waals surface area contributed by atoms with Gasteiger partial charge in [0, 0.05) is 6.92 Å². The van der Waals surface area contributed by atoms with Crippen molar-refractivity contribution in [1.82, 2.24) is 10.2 Å². The summed E-state index contributed by atoms with van der Waals surface area (Å²) in [5.74, 6) is 0.578. The van der Waals surface area contributed by atoms with Gasteiger partial charge in [-0.05, 0) is 6.26 Å². The van der Waals surface area contributed by atoms with E-state index in [-0.39, 0.29) is 5.91 Å². The Morgan fingerprint density at radius 2 is 2.55 bits per heavy atom. The van der Waals surface area contributed by atoms with Gasteiger partial charge in [0.1, 0.15) is 5.82 Å². The fraction of sp³-hybridized carbons (Fsp3) is 0.333. The molecule has 0 fully saturated rings. The predicted molar refractivity (Wildman–Crippen MR) is 44.7 cm³/mol. The Balaban J connectivity index is 2.76. The van der Waals surface area contributed by atoms with E-state index in [0.717, 1.165) is 4.90 Å². The number of hydrogen-bond acceptors (Lipinski definition) is 3. The molecule has 0 aliphatic carbocycles. The Kier molecular flexibility index (Phi) is 2.53. The fourth-order valence-corrected chi connectivity index (χ4v) is 1.15. The van der Waals surface area contributed by atoms with Crippen LogP contribution in [-0.2, 0) is 4.79 Å². The zero-order valence-electron chi connectivity index (χ0n) is 6.34. The normalized spacial score (nSPS) is 9.64. The molecule has 1 heterocycles. The molecule has 4 nitrogen and oxygen atoms in total. The van der Waals surface area contributed by atoms with Gasteiger partial charge in [-0.3, -0.25) is 9.89 Å². The van der Waals surface area contributed by atoms with Gasteiger partial charge in [-0.15, -0.1) is 11.8 Å². The summed E-state index contributed by atoms with van der Waals surface area (Å²) in [6.45, 7) is 1.46. The zero-order chi connectivity index (χ0) is 8.27. The highest BCUT2D eigenvalue weighted by Gasteiger charge is 2.03. The number of amides is 1. The molecule has 0 aromatic carbocycles. The third-order valence-electron chi connectivity index (χ3n) is 1.13. The number of carbonyl (C=O) groups excluding carboxylic acids is 1. The van der Waals surface area contributed by atoms with E-state index in [1.165, 1.54) is 18.7 Å². The number of anilines is 1. The van der Waals surface area contributed by atoms with Crippen LogP contribution in [0.4, 0.5) is 5.82 Å². The number of H-pyrrole nitrogens is 1. The maximum atomic E-state index is 10.6. The molecule has 0 spiro atoms. The van der Waals surface area contributed by atoms with Crippen LogP contribution in [0.3, 0.4) is 0 Å². The number of aromatic amines is 1. The molecule has 5 heteroatoms. The SMILES string of the molecule is CSc1cn[nH]c1NC(C)=O. The Morgan fingerprint density at radius 3 is 3.09 bits per heavy atom. The van der Waals surface area contributed by atoms with Gasteiger partial charge in [0.25, 0.3) is 0 Å². The van der Waals surface area contributed by atoms with Crippen LogP contribution >= 0.6 is 11.8 Å². The second kappa shape index (κ2) is 3.43. The molecule has 0 aliphatic rings. The van der Waals surface area contributed by atoms with Gasteiger partial charge >= 0.3 is 0 Å². The lowest BCUT2D eigenvalue weighted by Gasteiger charge is -1.98. The molecule has 60 valence electrons. The molecule has 1 amide bonds. The predicted octanol–water partition coefficient (Wildman–Crippen LogP) is 1.09. The lowest BCUT2D eigenvalue weighted by atomic mass is 10.6. The third kappa shape index (κ3) is 1.98. The Bertz CT molecular complexity index is 258. The number of rotatable bonds is 2. The summed E-state index contributed by atoms with van der Waals surface area (Å²) in [4.78, 5) is 11.6. The maximum Gasteiger partial charge on any atom is 0.222 e. The van der Waals surface area contributed by atoms with Crippen LogP contribution in [0.15, 0.2) is 11.1 Å². The number of nitrogens with one attached hydrogen (secondary N) is 2. The molecule has 1 aromatic heterocycles. The summed E-state index contributed by atoms with van der Waals surface area (Å²) >= 11 is 1.54. The van der Waals surface area contributed by atoms with E-state index in [1.54, 1.807) is 6.20 Å². The van der Waals surface area contributed by atoms with Crippen LogP contribution in [0.2, 0.25) is 0 Å². The van der Waals surface area contributed by atoms with Crippen molar-refractivity contribution in [2.24, 2.45) is 0 Å². The van der Waals surface area contributed by atoms with Gasteiger partial charge < -0.3 is 5.32 Å². The number of aromatic nitrogens is 2. The molecule has 0 aliphatic heterocycles. The van der Waals surface area contributed by atoms with Gasteiger partial charge in [-0.2, -0.15) is 5.10 Å². The third-order valence-corrected chi connectivity index (χ3v) is 1.87. The molecule has 2 N–H and O–H groups in total. The second-order valence-electron chi connectivity index (χ2n) is 1.99. The molecule has 0 saturated heterocycles. The average Bonchev–Trinajstić information content (AvgIpc) is 2.34. The Morgan fingerprint density at radius 1 is 1.82 bits per heavy atom. The smallest absolute Gasteiger partial charge is 0.222 e. The summed E-state index contributed by atoms with van der Waals surface area (Å²) in [6, 6.07) is 0. The highest BCUT2D eigenvalue weighted by Crippen LogP contribution is 2.21. The molecule has 0 bridgehead atoms. The van der Waals surface area contributed by atoms with Gasteiger partial charge in [0.15, 0.2) is 0 Å². The average molecular weight is 171 g/mol. The summed E-state index contributed by atoms with van der Waals surface area (Å²) < 4.78 is 0. The van der Waals surface area contributed by atoms with Crippen molar-refractivity contribution in [3.63, 3.8) is 0 Å². The molecule has 11 heavy (non-hydrogen) atoms. The lowest BCUT2D eigenvalue weighted by molar-refractivity contribution is -0.114. The number of carbonyl (C=O) groups is 1. The number of hydrogen-bond donors (Lipinski definition) is 2. The van der Waals surface area contributed by atoms with E-state index >= 15 is 0 Å². The summed E-state index contributed by atoms with van der Waals surface area (Å²) in [7, 11) is 0. The van der Waals surface area contributed by atoms with E-state index in [1.807, 2.05) is 6.26 Å². The molecular formula is C6H9N3OS. The van der Waals surface area contributed by atoms with Crippen molar-refractivity contribution in [3.05, 3.63) is 6.20 Å². The minimum Gasteiger partial charge on any atom is -0.310 e. The standard InChI is InChI=1S/C6H9N3OS/c1-4(10)8-6-5(11-2)3-7-9-6/h3H,1-2H3,(H2,7,8,9,10). The molecule has 0 unspecified atom stereocenters. The zero-order valence-corrected chi connectivity index (χ0v) is 7.16. The summed E-state index contributed by atoms with van der Waals surface area (Å²) in [6.07, 6.45) is 3.60. The summed E-state index contributed by atoms with van der Waals surface area (Å²) in [5.41, 5.74) is 0. The first-order valence-electron chi connectivity index (χ1n) is 3.09. The van der Waals surface area contributed by atoms with Gasteiger partial charge in [-0.25, -0.2) is 0 Å². The highest BCUT2D eigenvalue weighted by molar-refractivity contribution is 7.98. The van der Waals surface area contributed by atoms with Crippen molar-refractivity contribution < 1.29 is 4.79 Å². The summed E-state index contributed by atoms with van der Waals surface area (Å²) in [5, 5.41) is 9.10. The Hall–Kier alpha value is -0.970. The molecule has 1 aromatic rings. The minimum absolute atomic E-state index is 0.0930. The van der Waals surface area contributed by atoms with Crippen molar-refractivity contribution in [3.8, 4) is 0 Å². The van der Waals surface area contributed by atoms with Crippen molar-refractivity contribution in [2.75, 3.05) is 11.6 Å².